The van der Waals surface area contributed by atoms with E-state index >= 15 is 0 Å². The van der Waals surface area contributed by atoms with Crippen LogP contribution in [-0.2, 0) is 22.7 Å². The second kappa shape index (κ2) is 8.50. The Balaban J connectivity index is 1.86. The van der Waals surface area contributed by atoms with Gasteiger partial charge in [-0.25, -0.2) is 0 Å². The number of pyridine rings is 1. The molecule has 0 aliphatic rings. The number of carbonyl (C=O) groups is 1. The van der Waals surface area contributed by atoms with E-state index in [2.05, 4.69) is 5.32 Å². The van der Waals surface area contributed by atoms with Gasteiger partial charge in [0.05, 0.1) is 12.3 Å². The van der Waals surface area contributed by atoms with Gasteiger partial charge in [-0.15, -0.1) is 0 Å². The van der Waals surface area contributed by atoms with Crippen LogP contribution in [0.4, 0.5) is 5.69 Å². The van der Waals surface area contributed by atoms with Crippen LogP contribution < -0.4 is 10.9 Å². The second-order valence-electron chi connectivity index (χ2n) is 5.08. The first kappa shape index (κ1) is 17.2. The summed E-state index contributed by atoms with van der Waals surface area (Å²) < 4.78 is 6.94. The van der Waals surface area contributed by atoms with Crippen molar-refractivity contribution in [1.29, 1.82) is 0 Å². The number of halogens is 1. The Bertz CT molecular complexity index is 728. The molecule has 2 aromatic rings. The summed E-state index contributed by atoms with van der Waals surface area (Å²) in [7, 11) is 0. The van der Waals surface area contributed by atoms with Gasteiger partial charge in [0.15, 0.2) is 0 Å². The minimum atomic E-state index is -0.279. The molecule has 1 aromatic heterocycles. The molecule has 1 heterocycles. The largest absolute Gasteiger partial charge is 0.367 e. The highest BCUT2D eigenvalue weighted by Crippen LogP contribution is 2.15. The molecule has 0 aliphatic heterocycles. The third-order valence-corrected chi connectivity index (χ3v) is 3.55. The molecule has 23 heavy (non-hydrogen) atoms. The third kappa shape index (κ3) is 5.23. The van der Waals surface area contributed by atoms with Crippen molar-refractivity contribution in [1.82, 2.24) is 4.57 Å². The van der Waals surface area contributed by atoms with Crippen LogP contribution in [0.25, 0.3) is 0 Å². The molecule has 6 heteroatoms. The maximum absolute atomic E-state index is 11.9. The third-order valence-electron chi connectivity index (χ3n) is 3.18. The van der Waals surface area contributed by atoms with Gasteiger partial charge in [-0.1, -0.05) is 36.7 Å². The van der Waals surface area contributed by atoms with Gasteiger partial charge >= 0.3 is 0 Å². The van der Waals surface area contributed by atoms with Gasteiger partial charge in [0, 0.05) is 23.8 Å². The number of nitrogens with one attached hydrogen (secondary N) is 1. The summed E-state index contributed by atoms with van der Waals surface area (Å²) in [6.45, 7) is 2.78. The fourth-order valence-electron chi connectivity index (χ4n) is 2.09. The summed E-state index contributed by atoms with van der Waals surface area (Å²) in [6, 6.07) is 10.3. The zero-order valence-electron chi connectivity index (χ0n) is 12.9. The minimum absolute atomic E-state index is 0.0835. The molecule has 0 bridgehead atoms. The van der Waals surface area contributed by atoms with Crippen molar-refractivity contribution < 1.29 is 9.53 Å². The summed E-state index contributed by atoms with van der Waals surface area (Å²) in [5, 5.41) is 3.32. The number of hydrogen-bond acceptors (Lipinski definition) is 3. The summed E-state index contributed by atoms with van der Waals surface area (Å²) in [6.07, 6.45) is 2.48. The Morgan fingerprint density at radius 3 is 2.78 bits per heavy atom. The molecule has 2 rings (SSSR count). The molecule has 1 N–H and O–H groups in total. The summed E-state index contributed by atoms with van der Waals surface area (Å²) in [5.41, 5.74) is 1.32. The Morgan fingerprint density at radius 1 is 1.26 bits per heavy atom. The van der Waals surface area contributed by atoms with Crippen LogP contribution in [0.3, 0.4) is 0 Å². The number of amides is 1. The van der Waals surface area contributed by atoms with E-state index in [1.807, 2.05) is 25.1 Å². The minimum Gasteiger partial charge on any atom is -0.367 e. The fourth-order valence-corrected chi connectivity index (χ4v) is 2.28. The van der Waals surface area contributed by atoms with Gasteiger partial charge in [0.2, 0.25) is 5.91 Å². The quantitative estimate of drug-likeness (QED) is 0.846. The highest BCUT2D eigenvalue weighted by atomic mass is 35.5. The lowest BCUT2D eigenvalue weighted by molar-refractivity contribution is -0.121. The average Bonchev–Trinajstić information content (AvgIpc) is 2.53. The first-order valence-electron chi connectivity index (χ1n) is 7.41. The van der Waals surface area contributed by atoms with Gasteiger partial charge in [0.1, 0.15) is 6.61 Å². The maximum Gasteiger partial charge on any atom is 0.250 e. The van der Waals surface area contributed by atoms with Crippen molar-refractivity contribution in [2.75, 3.05) is 11.9 Å². The van der Waals surface area contributed by atoms with Crippen molar-refractivity contribution in [2.45, 2.75) is 26.5 Å². The molecule has 1 amide bonds. The van der Waals surface area contributed by atoms with Crippen molar-refractivity contribution in [3.05, 3.63) is 63.5 Å². The molecule has 0 radical (unpaired) electrons. The van der Waals surface area contributed by atoms with Crippen LogP contribution in [0, 0.1) is 0 Å². The zero-order chi connectivity index (χ0) is 16.7. The molecule has 0 unspecified atom stereocenters. The van der Waals surface area contributed by atoms with Crippen molar-refractivity contribution in [2.24, 2.45) is 0 Å². The summed E-state index contributed by atoms with van der Waals surface area (Å²) >= 11 is 6.02. The molecule has 0 saturated heterocycles. The molecule has 0 saturated carbocycles. The monoisotopic (exact) mass is 334 g/mol. The molecular weight excluding hydrogens is 316 g/mol. The van der Waals surface area contributed by atoms with Gasteiger partial charge in [0.25, 0.3) is 5.56 Å². The van der Waals surface area contributed by atoms with Crippen molar-refractivity contribution in [3.63, 3.8) is 0 Å². The van der Waals surface area contributed by atoms with Crippen molar-refractivity contribution >= 4 is 23.2 Å². The van der Waals surface area contributed by atoms with E-state index in [0.717, 1.165) is 12.0 Å². The number of anilines is 1. The topological polar surface area (TPSA) is 60.3 Å². The molecule has 122 valence electrons. The number of carbonyl (C=O) groups excluding carboxylic acids is 1. The highest BCUT2D eigenvalue weighted by Gasteiger charge is 2.06. The molecule has 5 nitrogen and oxygen atoms in total. The predicted octanol–water partition coefficient (Wildman–Crippen LogP) is 3.07. The molecule has 0 atom stereocenters. The maximum atomic E-state index is 11.9. The Labute approximate surface area is 139 Å². The number of aromatic nitrogens is 1. The SMILES string of the molecule is CCCn1cc(NC(=O)COCc2ccccc2Cl)ccc1=O. The van der Waals surface area contributed by atoms with Crippen molar-refractivity contribution in [3.8, 4) is 0 Å². The van der Waals surface area contributed by atoms with Crippen LogP contribution in [0.2, 0.25) is 5.02 Å². The number of hydrogen-bond donors (Lipinski definition) is 1. The van der Waals surface area contributed by atoms with Gasteiger partial charge in [-0.2, -0.15) is 0 Å². The predicted molar refractivity (Wildman–Crippen MR) is 90.7 cm³/mol. The van der Waals surface area contributed by atoms with E-state index in [9.17, 15) is 9.59 Å². The molecule has 1 aromatic carbocycles. The van der Waals surface area contributed by atoms with E-state index in [4.69, 9.17) is 16.3 Å². The first-order chi connectivity index (χ1) is 11.1. The number of rotatable bonds is 7. The lowest BCUT2D eigenvalue weighted by Crippen LogP contribution is -2.22. The van der Waals surface area contributed by atoms with Gasteiger partial charge in [-0.05, 0) is 24.1 Å². The number of ether oxygens (including phenoxy) is 1. The van der Waals surface area contributed by atoms with E-state index < -0.39 is 0 Å². The Kier molecular flexibility index (Phi) is 6.38. The van der Waals surface area contributed by atoms with E-state index in [0.29, 0.717) is 17.3 Å². The van der Waals surface area contributed by atoms with Crippen LogP contribution in [0.1, 0.15) is 18.9 Å². The Hall–Kier alpha value is -2.11. The molecule has 0 fully saturated rings. The summed E-state index contributed by atoms with van der Waals surface area (Å²) in [4.78, 5) is 23.5. The van der Waals surface area contributed by atoms with E-state index in [1.165, 1.54) is 6.07 Å². The highest BCUT2D eigenvalue weighted by molar-refractivity contribution is 6.31. The van der Waals surface area contributed by atoms with Crippen LogP contribution in [-0.4, -0.2) is 17.1 Å². The van der Waals surface area contributed by atoms with Crippen LogP contribution in [0.5, 0.6) is 0 Å². The standard InChI is InChI=1S/C17H19ClN2O3/c1-2-9-20-10-14(7-8-17(20)22)19-16(21)12-23-11-13-5-3-4-6-15(13)18/h3-8,10H,2,9,11-12H2,1H3,(H,19,21). The Morgan fingerprint density at radius 2 is 2.04 bits per heavy atom. The lowest BCUT2D eigenvalue weighted by Gasteiger charge is -2.09. The lowest BCUT2D eigenvalue weighted by atomic mass is 10.2. The molecule has 0 aliphatic carbocycles. The normalized spacial score (nSPS) is 10.5. The summed E-state index contributed by atoms with van der Waals surface area (Å²) in [5.74, 6) is -0.279. The first-order valence-corrected chi connectivity index (χ1v) is 7.79. The van der Waals surface area contributed by atoms with Crippen LogP contribution >= 0.6 is 11.6 Å². The number of aryl methyl sites for hydroxylation is 1. The molecular formula is C17H19ClN2O3. The van der Waals surface area contributed by atoms with Crippen LogP contribution in [0.15, 0.2) is 47.4 Å². The van der Waals surface area contributed by atoms with Gasteiger partial charge in [-0.3, -0.25) is 9.59 Å². The smallest absolute Gasteiger partial charge is 0.250 e. The van der Waals surface area contributed by atoms with E-state index in [1.54, 1.807) is 22.9 Å². The fraction of sp³-hybridized carbons (Fsp3) is 0.294. The number of nitrogens with zero attached hydrogens (tertiary/aromatic N) is 1. The second-order valence-corrected chi connectivity index (χ2v) is 5.49. The zero-order valence-corrected chi connectivity index (χ0v) is 13.7. The average molecular weight is 335 g/mol. The van der Waals surface area contributed by atoms with Gasteiger partial charge < -0.3 is 14.6 Å². The van der Waals surface area contributed by atoms with E-state index in [-0.39, 0.29) is 24.7 Å². The molecule has 0 spiro atoms. The number of benzene rings is 1.